The van der Waals surface area contributed by atoms with E-state index in [1.54, 1.807) is 6.92 Å². The van der Waals surface area contributed by atoms with Gasteiger partial charge in [-0.1, -0.05) is 30.3 Å². The van der Waals surface area contributed by atoms with Crippen LogP contribution in [0.1, 0.15) is 29.2 Å². The fourth-order valence-electron chi connectivity index (χ4n) is 3.20. The van der Waals surface area contributed by atoms with Gasteiger partial charge in [-0.05, 0) is 49.6 Å². The van der Waals surface area contributed by atoms with Gasteiger partial charge in [0.1, 0.15) is 12.6 Å². The molecule has 5 heteroatoms. The summed E-state index contributed by atoms with van der Waals surface area (Å²) in [5.74, 6) is -0.306. The molecule has 136 valence electrons. The highest BCUT2D eigenvalue weighted by Crippen LogP contribution is 2.15. The molecule has 1 aliphatic heterocycles. The van der Waals surface area contributed by atoms with Gasteiger partial charge in [0.15, 0.2) is 6.04 Å². The van der Waals surface area contributed by atoms with E-state index in [4.69, 9.17) is 0 Å². The lowest BCUT2D eigenvalue weighted by molar-refractivity contribution is -0.695. The quantitative estimate of drug-likeness (QED) is 0.779. The molecular formula is C21H26N3O2+. The zero-order valence-electron chi connectivity index (χ0n) is 15.5. The maximum Gasteiger partial charge on any atom is 0.279 e. The number of quaternary nitrogens is 1. The Kier molecular flexibility index (Phi) is 5.38. The van der Waals surface area contributed by atoms with Gasteiger partial charge in [-0.25, -0.2) is 0 Å². The third-order valence-electron chi connectivity index (χ3n) is 5.04. The van der Waals surface area contributed by atoms with E-state index in [1.807, 2.05) is 49.5 Å². The minimum Gasteiger partial charge on any atom is -0.339 e. The number of nitrogens with one attached hydrogen (secondary N) is 2. The first kappa shape index (κ1) is 18.1. The summed E-state index contributed by atoms with van der Waals surface area (Å²) in [5, 5.41) is 7.75. The van der Waals surface area contributed by atoms with Crippen LogP contribution in [-0.2, 0) is 22.6 Å². The number of aryl methyl sites for hydroxylation is 2. The summed E-state index contributed by atoms with van der Waals surface area (Å²) in [6, 6.07) is 13.2. The Morgan fingerprint density at radius 3 is 2.54 bits per heavy atom. The molecule has 0 bridgehead atoms. The summed E-state index contributed by atoms with van der Waals surface area (Å²) in [6.45, 7) is 6.54. The van der Waals surface area contributed by atoms with Crippen LogP contribution in [0.2, 0.25) is 0 Å². The lowest BCUT2D eigenvalue weighted by Gasteiger charge is -2.23. The predicted molar refractivity (Wildman–Crippen MR) is 102 cm³/mol. The monoisotopic (exact) mass is 352 g/mol. The molecule has 0 saturated heterocycles. The molecule has 0 aliphatic carbocycles. The van der Waals surface area contributed by atoms with Crippen molar-refractivity contribution in [3.63, 3.8) is 0 Å². The largest absolute Gasteiger partial charge is 0.339 e. The third kappa shape index (κ3) is 4.11. The van der Waals surface area contributed by atoms with Crippen molar-refractivity contribution in [1.29, 1.82) is 0 Å². The number of benzene rings is 2. The van der Waals surface area contributed by atoms with Crippen molar-refractivity contribution < 1.29 is 14.9 Å². The second kappa shape index (κ2) is 7.70. The van der Waals surface area contributed by atoms with Crippen LogP contribution in [-0.4, -0.2) is 23.9 Å². The molecule has 2 aromatic rings. The van der Waals surface area contributed by atoms with E-state index in [0.29, 0.717) is 6.42 Å². The standard InChI is InChI=1S/C21H25N3O2/c1-13-8-9-18(10-14(13)2)24-20(25)15(3)23-21(26)19-11-16-6-4-5-7-17(16)12-22-19/h4-10,15,19,22H,11-12H2,1-3H3,(H,23,26)(H,24,25)/p+1/t15-,19-/m0/s1. The maximum atomic E-state index is 12.6. The highest BCUT2D eigenvalue weighted by Gasteiger charge is 2.29. The molecule has 1 heterocycles. The molecule has 5 nitrogen and oxygen atoms in total. The first-order chi connectivity index (χ1) is 12.4. The van der Waals surface area contributed by atoms with Gasteiger partial charge in [-0.3, -0.25) is 9.59 Å². The molecule has 0 radical (unpaired) electrons. The maximum absolute atomic E-state index is 12.6. The molecule has 2 aromatic carbocycles. The van der Waals surface area contributed by atoms with Gasteiger partial charge in [0, 0.05) is 17.7 Å². The summed E-state index contributed by atoms with van der Waals surface area (Å²) in [5.41, 5.74) is 5.53. The minimum atomic E-state index is -0.588. The molecule has 3 rings (SSSR count). The summed E-state index contributed by atoms with van der Waals surface area (Å²) in [7, 11) is 0. The number of carbonyl (C=O) groups is 2. The Morgan fingerprint density at radius 1 is 1.08 bits per heavy atom. The molecule has 26 heavy (non-hydrogen) atoms. The van der Waals surface area contributed by atoms with E-state index < -0.39 is 6.04 Å². The first-order valence-electron chi connectivity index (χ1n) is 9.02. The molecule has 4 N–H and O–H groups in total. The molecule has 0 saturated carbocycles. The smallest absolute Gasteiger partial charge is 0.279 e. The number of hydrogen-bond donors (Lipinski definition) is 3. The van der Waals surface area contributed by atoms with Crippen LogP contribution >= 0.6 is 0 Å². The zero-order chi connectivity index (χ0) is 18.7. The van der Waals surface area contributed by atoms with Crippen molar-refractivity contribution in [2.75, 3.05) is 5.32 Å². The van der Waals surface area contributed by atoms with Crippen LogP contribution in [0.15, 0.2) is 42.5 Å². The first-order valence-corrected chi connectivity index (χ1v) is 9.02. The second-order valence-corrected chi connectivity index (χ2v) is 7.04. The van der Waals surface area contributed by atoms with Crippen LogP contribution in [0.4, 0.5) is 5.69 Å². The molecule has 2 amide bonds. The molecule has 2 atom stereocenters. The van der Waals surface area contributed by atoms with Gasteiger partial charge in [-0.15, -0.1) is 0 Å². The molecular weight excluding hydrogens is 326 g/mol. The summed E-state index contributed by atoms with van der Waals surface area (Å²) in [4.78, 5) is 24.9. The second-order valence-electron chi connectivity index (χ2n) is 7.04. The Labute approximate surface area is 154 Å². The van der Waals surface area contributed by atoms with Crippen LogP contribution in [0.3, 0.4) is 0 Å². The summed E-state index contributed by atoms with van der Waals surface area (Å²) in [6.07, 6.45) is 0.688. The van der Waals surface area contributed by atoms with Crippen molar-refractivity contribution >= 4 is 17.5 Å². The third-order valence-corrected chi connectivity index (χ3v) is 5.04. The van der Waals surface area contributed by atoms with E-state index in [1.165, 1.54) is 16.7 Å². The Bertz CT molecular complexity index is 832. The predicted octanol–water partition coefficient (Wildman–Crippen LogP) is 1.43. The molecule has 0 aromatic heterocycles. The molecule has 0 spiro atoms. The van der Waals surface area contributed by atoms with E-state index >= 15 is 0 Å². The fraction of sp³-hybridized carbons (Fsp3) is 0.333. The van der Waals surface area contributed by atoms with E-state index in [9.17, 15) is 9.59 Å². The lowest BCUT2D eigenvalue weighted by Crippen LogP contribution is -2.93. The Balaban J connectivity index is 1.57. The average Bonchev–Trinajstić information content (AvgIpc) is 2.64. The van der Waals surface area contributed by atoms with E-state index in [2.05, 4.69) is 22.8 Å². The number of rotatable bonds is 4. The highest BCUT2D eigenvalue weighted by atomic mass is 16.2. The van der Waals surface area contributed by atoms with Crippen molar-refractivity contribution in [2.45, 2.75) is 45.8 Å². The molecule has 1 aliphatic rings. The summed E-state index contributed by atoms with van der Waals surface area (Å²) >= 11 is 0. The minimum absolute atomic E-state index is 0.0951. The Hall–Kier alpha value is -2.66. The number of nitrogens with two attached hydrogens (primary N) is 1. The number of amides is 2. The van der Waals surface area contributed by atoms with E-state index in [-0.39, 0.29) is 17.9 Å². The van der Waals surface area contributed by atoms with E-state index in [0.717, 1.165) is 17.8 Å². The van der Waals surface area contributed by atoms with Crippen molar-refractivity contribution in [1.82, 2.24) is 5.32 Å². The number of carbonyl (C=O) groups excluding carboxylic acids is 2. The van der Waals surface area contributed by atoms with Gasteiger partial charge in [0.2, 0.25) is 5.91 Å². The topological polar surface area (TPSA) is 74.8 Å². The van der Waals surface area contributed by atoms with Gasteiger partial charge >= 0.3 is 0 Å². The number of anilines is 1. The number of hydrogen-bond acceptors (Lipinski definition) is 2. The van der Waals surface area contributed by atoms with Crippen LogP contribution in [0.25, 0.3) is 0 Å². The Morgan fingerprint density at radius 2 is 1.81 bits per heavy atom. The van der Waals surface area contributed by atoms with Crippen molar-refractivity contribution in [3.8, 4) is 0 Å². The van der Waals surface area contributed by atoms with Gasteiger partial charge in [-0.2, -0.15) is 0 Å². The zero-order valence-corrected chi connectivity index (χ0v) is 15.5. The molecule has 0 fully saturated rings. The average molecular weight is 352 g/mol. The normalized spacial score (nSPS) is 17.1. The fourth-order valence-corrected chi connectivity index (χ4v) is 3.20. The van der Waals surface area contributed by atoms with Crippen molar-refractivity contribution in [2.24, 2.45) is 0 Å². The molecule has 0 unspecified atom stereocenters. The highest BCUT2D eigenvalue weighted by molar-refractivity contribution is 5.97. The van der Waals surface area contributed by atoms with Crippen LogP contribution < -0.4 is 16.0 Å². The van der Waals surface area contributed by atoms with Crippen LogP contribution in [0.5, 0.6) is 0 Å². The van der Waals surface area contributed by atoms with Gasteiger partial charge in [0.25, 0.3) is 5.91 Å². The van der Waals surface area contributed by atoms with Gasteiger partial charge in [0.05, 0.1) is 0 Å². The van der Waals surface area contributed by atoms with Gasteiger partial charge < -0.3 is 16.0 Å². The van der Waals surface area contributed by atoms with Crippen molar-refractivity contribution in [3.05, 3.63) is 64.7 Å². The lowest BCUT2D eigenvalue weighted by atomic mass is 9.95. The van der Waals surface area contributed by atoms with Crippen LogP contribution in [0, 0.1) is 13.8 Å². The summed E-state index contributed by atoms with van der Waals surface area (Å²) < 4.78 is 0. The number of fused-ring (bicyclic) bond motifs is 1. The SMILES string of the molecule is Cc1ccc(NC(=O)[C@H](C)NC(=O)[C@@H]2Cc3ccccc3C[NH2+]2)cc1C.